The molecule has 0 aliphatic heterocycles. The summed E-state index contributed by atoms with van der Waals surface area (Å²) in [5.41, 5.74) is 11.0. The fourth-order valence-corrected chi connectivity index (χ4v) is 8.19. The van der Waals surface area contributed by atoms with Crippen LogP contribution in [0.25, 0.3) is 21.5 Å². The molecule has 0 aliphatic carbocycles. The molecule has 0 spiro atoms. The lowest BCUT2D eigenvalue weighted by molar-refractivity contribution is 0.472. The average molecular weight is 1030 g/mol. The first-order valence-corrected chi connectivity index (χ1v) is 25.7. The number of phenolic OH excluding ortho intramolecular Hbond substituents is 1. The minimum Gasteiger partial charge on any atom is -0.505 e. The largest absolute Gasteiger partial charge is 0.505 e. The van der Waals surface area contributed by atoms with E-state index in [4.69, 9.17) is 11.5 Å². The number of fused-ring (bicyclic) bond motifs is 2. The van der Waals surface area contributed by atoms with Gasteiger partial charge in [0, 0.05) is 100 Å². The first-order chi connectivity index (χ1) is 33.4. The standard InChI is InChI=1S/C41H52N16O10S3/c42-11-13-44-15-17-46-19-21-48-39-51-40(49-22-20-47-18-16-45-14-12-43)53-41(52-39)50-28-2-1-26-23-36(70(65,66)67)37(38(58)32(26)24-28)57-56-35-10-9-34(31-8-7-30(25-33(31)35)69(62,63)64)55-54-27-3-5-29(6-4-27)68(59,60)61/h1-10,23-25,44-47,58H,11-22,42-43H2,(H,59,60,61)(H,62,63,64)(H,65,66,67)(H3,48,49,50,51,52,53). The Balaban J connectivity index is 1.30. The van der Waals surface area contributed by atoms with Gasteiger partial charge in [-0.3, -0.25) is 13.7 Å². The Morgan fingerprint density at radius 3 is 1.56 bits per heavy atom. The summed E-state index contributed by atoms with van der Waals surface area (Å²) in [7, 11) is -14.3. The predicted octanol–water partition coefficient (Wildman–Crippen LogP) is 3.30. The van der Waals surface area contributed by atoms with E-state index in [0.717, 1.165) is 56.5 Å². The molecule has 0 atom stereocenters. The van der Waals surface area contributed by atoms with Gasteiger partial charge in [-0.2, -0.15) is 45.3 Å². The summed E-state index contributed by atoms with van der Waals surface area (Å²) in [6.45, 7) is 7.59. The van der Waals surface area contributed by atoms with E-state index in [9.17, 15) is 44.0 Å². The number of aromatic hydroxyl groups is 1. The van der Waals surface area contributed by atoms with E-state index < -0.39 is 51.6 Å². The lowest BCUT2D eigenvalue weighted by atomic mass is 10.1. The molecule has 0 amide bonds. The molecule has 0 fully saturated rings. The summed E-state index contributed by atoms with van der Waals surface area (Å²) in [6.07, 6.45) is 0. The van der Waals surface area contributed by atoms with Crippen molar-refractivity contribution in [3.8, 4) is 5.75 Å². The summed E-state index contributed by atoms with van der Waals surface area (Å²) in [4.78, 5) is 11.8. The number of nitrogens with two attached hydrogens (primary N) is 2. The summed E-state index contributed by atoms with van der Waals surface area (Å²) in [5, 5.41) is 51.1. The summed E-state index contributed by atoms with van der Waals surface area (Å²) in [5.74, 6) is -0.0823. The van der Waals surface area contributed by atoms with Crippen LogP contribution in [-0.4, -0.2) is 138 Å². The van der Waals surface area contributed by atoms with Gasteiger partial charge in [-0.25, -0.2) is 0 Å². The quantitative estimate of drug-likeness (QED) is 0.0200. The molecule has 6 rings (SSSR count). The van der Waals surface area contributed by atoms with Crippen LogP contribution in [0.2, 0.25) is 0 Å². The van der Waals surface area contributed by atoms with Gasteiger partial charge in [0.1, 0.15) is 10.6 Å². The first-order valence-electron chi connectivity index (χ1n) is 21.4. The number of hydrogen-bond acceptors (Lipinski definition) is 23. The van der Waals surface area contributed by atoms with E-state index in [2.05, 4.69) is 72.6 Å². The number of azo groups is 2. The van der Waals surface area contributed by atoms with Crippen LogP contribution in [0.15, 0.2) is 114 Å². The first kappa shape index (κ1) is 52.9. The second-order valence-corrected chi connectivity index (χ2v) is 19.2. The maximum absolute atomic E-state index is 12.7. The van der Waals surface area contributed by atoms with Crippen LogP contribution in [0.5, 0.6) is 5.75 Å². The molecule has 1 heterocycles. The highest BCUT2D eigenvalue weighted by Gasteiger charge is 2.23. The van der Waals surface area contributed by atoms with Crippen molar-refractivity contribution in [3.05, 3.63) is 78.9 Å². The van der Waals surface area contributed by atoms with Gasteiger partial charge in [0.05, 0.1) is 26.9 Å². The predicted molar refractivity (Wildman–Crippen MR) is 263 cm³/mol. The lowest BCUT2D eigenvalue weighted by Gasteiger charge is -2.13. The molecule has 0 bridgehead atoms. The molecule has 6 aromatic rings. The second kappa shape index (κ2) is 24.4. The zero-order chi connectivity index (χ0) is 50.3. The molecule has 0 radical (unpaired) electrons. The minimum absolute atomic E-state index is 0.0241. The van der Waals surface area contributed by atoms with Crippen molar-refractivity contribution in [2.24, 2.45) is 31.9 Å². The number of benzene rings is 5. The highest BCUT2D eigenvalue weighted by Crippen LogP contribution is 2.44. The van der Waals surface area contributed by atoms with Gasteiger partial charge in [-0.1, -0.05) is 12.1 Å². The second-order valence-electron chi connectivity index (χ2n) is 15.0. The third-order valence-electron chi connectivity index (χ3n) is 9.90. The van der Waals surface area contributed by atoms with E-state index in [-0.39, 0.29) is 61.3 Å². The van der Waals surface area contributed by atoms with Crippen LogP contribution in [0, 0.1) is 0 Å². The van der Waals surface area contributed by atoms with Crippen molar-refractivity contribution in [2.45, 2.75) is 14.7 Å². The Morgan fingerprint density at radius 2 is 1.00 bits per heavy atom. The van der Waals surface area contributed by atoms with E-state index in [1.54, 1.807) is 6.07 Å². The van der Waals surface area contributed by atoms with Crippen LogP contribution in [0.1, 0.15) is 0 Å². The number of nitrogens with zero attached hydrogens (tertiary/aromatic N) is 7. The van der Waals surface area contributed by atoms with E-state index >= 15 is 0 Å². The Kier molecular flexibility index (Phi) is 18.4. The van der Waals surface area contributed by atoms with Crippen LogP contribution in [-0.2, 0) is 30.4 Å². The third-order valence-corrected chi connectivity index (χ3v) is 12.5. The topological polar surface area (TPSA) is 408 Å². The summed E-state index contributed by atoms with van der Waals surface area (Å²) in [6, 6.07) is 16.6. The molecule has 0 aliphatic rings. The molecule has 70 heavy (non-hydrogen) atoms. The van der Waals surface area contributed by atoms with Crippen molar-refractivity contribution in [3.63, 3.8) is 0 Å². The molecule has 374 valence electrons. The van der Waals surface area contributed by atoms with Gasteiger partial charge in [0.2, 0.25) is 17.8 Å². The van der Waals surface area contributed by atoms with Crippen molar-refractivity contribution >= 4 is 98.2 Å². The zero-order valence-corrected chi connectivity index (χ0v) is 39.7. The maximum Gasteiger partial charge on any atom is 0.296 e. The highest BCUT2D eigenvalue weighted by atomic mass is 32.2. The number of hydrogen-bond donors (Lipinski definition) is 13. The van der Waals surface area contributed by atoms with Crippen molar-refractivity contribution in [2.75, 3.05) is 94.5 Å². The Labute approximate surface area is 402 Å². The Hall–Kier alpha value is -6.48. The molecule has 15 N–H and O–H groups in total. The van der Waals surface area contributed by atoms with Gasteiger partial charge in [-0.05, 0) is 72.1 Å². The lowest BCUT2D eigenvalue weighted by Crippen LogP contribution is -2.33. The SMILES string of the molecule is NCCNCCNCCNc1nc(NCCNCCNCCN)nc(Nc2ccc3cc(S(=O)(=O)O)c(N=Nc4ccc(N=Nc5ccc(S(=O)(=O)O)cc5)c5ccc(S(=O)(=O)O)cc45)c(O)c3c2)n1. The van der Waals surface area contributed by atoms with Crippen LogP contribution >= 0.6 is 0 Å². The molecule has 0 saturated heterocycles. The number of aromatic nitrogens is 3. The average Bonchev–Trinajstić information content (AvgIpc) is 3.31. The molecule has 0 saturated carbocycles. The molecule has 1 aromatic heterocycles. The third kappa shape index (κ3) is 15.0. The van der Waals surface area contributed by atoms with Crippen LogP contribution in [0.3, 0.4) is 0 Å². The summed E-state index contributed by atoms with van der Waals surface area (Å²) < 4.78 is 102. The van der Waals surface area contributed by atoms with Gasteiger partial charge in [-0.15, -0.1) is 15.3 Å². The van der Waals surface area contributed by atoms with Gasteiger partial charge >= 0.3 is 0 Å². The van der Waals surface area contributed by atoms with E-state index in [1.807, 2.05) is 0 Å². The smallest absolute Gasteiger partial charge is 0.296 e. The molecule has 5 aromatic carbocycles. The fourth-order valence-electron chi connectivity index (χ4n) is 6.55. The monoisotopic (exact) mass is 1020 g/mol. The molecule has 26 nitrogen and oxygen atoms in total. The number of phenols is 1. The molecular weight excluding hydrogens is 973 g/mol. The zero-order valence-electron chi connectivity index (χ0n) is 37.2. The van der Waals surface area contributed by atoms with Crippen LogP contribution in [0.4, 0.5) is 46.3 Å². The van der Waals surface area contributed by atoms with Crippen molar-refractivity contribution in [1.29, 1.82) is 0 Å². The van der Waals surface area contributed by atoms with Crippen molar-refractivity contribution < 1.29 is 44.0 Å². The maximum atomic E-state index is 12.7. The van der Waals surface area contributed by atoms with Gasteiger partial charge < -0.3 is 53.8 Å². The Morgan fingerprint density at radius 1 is 0.486 bits per heavy atom. The van der Waals surface area contributed by atoms with Crippen molar-refractivity contribution in [1.82, 2.24) is 36.2 Å². The van der Waals surface area contributed by atoms with Gasteiger partial charge in [0.15, 0.2) is 5.75 Å². The summed E-state index contributed by atoms with van der Waals surface area (Å²) >= 11 is 0. The molecule has 0 unspecified atom stereocenters. The number of anilines is 4. The van der Waals surface area contributed by atoms with Crippen LogP contribution < -0.4 is 48.7 Å². The minimum atomic E-state index is -5.06. The Bertz CT molecular complexity index is 3150. The van der Waals surface area contributed by atoms with E-state index in [0.29, 0.717) is 58.0 Å². The normalized spacial score (nSPS) is 12.4. The fraction of sp³-hybridized carbons (Fsp3) is 0.293. The van der Waals surface area contributed by atoms with E-state index in [1.165, 1.54) is 42.5 Å². The number of nitrogens with one attached hydrogen (secondary N) is 7. The molecule has 29 heteroatoms. The highest BCUT2D eigenvalue weighted by molar-refractivity contribution is 7.86. The van der Waals surface area contributed by atoms with Gasteiger partial charge in [0.25, 0.3) is 30.4 Å². The number of rotatable bonds is 27. The molecular formula is C41H52N16O10S3.